The molecule has 2 saturated heterocycles. The van der Waals surface area contributed by atoms with Crippen LogP contribution in [0.2, 0.25) is 0 Å². The van der Waals surface area contributed by atoms with Crippen molar-refractivity contribution in [3.63, 3.8) is 0 Å². The lowest BCUT2D eigenvalue weighted by Gasteiger charge is -2.34. The van der Waals surface area contributed by atoms with E-state index in [1.807, 2.05) is 29.3 Å². The van der Waals surface area contributed by atoms with Crippen molar-refractivity contribution in [2.24, 2.45) is 0 Å². The van der Waals surface area contributed by atoms with Crippen LogP contribution in [0.5, 0.6) is 0 Å². The van der Waals surface area contributed by atoms with E-state index in [2.05, 4.69) is 46.9 Å². The molecule has 1 aromatic heterocycles. The van der Waals surface area contributed by atoms with Gasteiger partial charge in [0.2, 0.25) is 0 Å². The van der Waals surface area contributed by atoms with Crippen LogP contribution in [0.3, 0.4) is 0 Å². The number of likely N-dealkylation sites (N-methyl/N-ethyl adjacent to an activating group) is 1. The fourth-order valence-electron chi connectivity index (χ4n) is 4.35. The maximum atomic E-state index is 13.1. The van der Waals surface area contributed by atoms with E-state index in [0.29, 0.717) is 0 Å². The molecule has 0 atom stereocenters. The Kier molecular flexibility index (Phi) is 7.20. The largest absolute Gasteiger partial charge is 0.354 e. The smallest absolute Gasteiger partial charge is 0.253 e. The molecule has 31 heavy (non-hydrogen) atoms. The molecule has 2 aliphatic heterocycles. The van der Waals surface area contributed by atoms with Crippen molar-refractivity contribution in [2.75, 3.05) is 70.9 Å². The van der Waals surface area contributed by atoms with Crippen LogP contribution in [0.15, 0.2) is 42.6 Å². The highest BCUT2D eigenvalue weighted by Gasteiger charge is 2.22. The molecule has 0 saturated carbocycles. The van der Waals surface area contributed by atoms with Gasteiger partial charge in [0.05, 0.1) is 0 Å². The van der Waals surface area contributed by atoms with E-state index in [9.17, 15) is 4.79 Å². The lowest BCUT2D eigenvalue weighted by Crippen LogP contribution is -2.48. The molecule has 3 heterocycles. The summed E-state index contributed by atoms with van der Waals surface area (Å²) in [6, 6.07) is 12.2. The maximum absolute atomic E-state index is 13.1. The molecule has 2 fully saturated rings. The molecule has 166 valence electrons. The van der Waals surface area contributed by atoms with Crippen LogP contribution in [0, 0.1) is 0 Å². The Morgan fingerprint density at radius 3 is 2.39 bits per heavy atom. The first-order valence-electron chi connectivity index (χ1n) is 11.7. The normalized spacial score (nSPS) is 18.4. The molecule has 0 unspecified atom stereocenters. The van der Waals surface area contributed by atoms with E-state index in [1.165, 1.54) is 12.8 Å². The number of carbonyl (C=O) groups excluding carboxylic acids is 1. The molecule has 0 aliphatic carbocycles. The van der Waals surface area contributed by atoms with E-state index in [0.717, 1.165) is 81.4 Å². The Morgan fingerprint density at radius 1 is 0.935 bits per heavy atom. The minimum absolute atomic E-state index is 0.138. The topological polar surface area (TPSA) is 42.9 Å². The second kappa shape index (κ2) is 10.2. The molecule has 1 amide bonds. The van der Waals surface area contributed by atoms with E-state index in [-0.39, 0.29) is 5.91 Å². The van der Waals surface area contributed by atoms with E-state index in [4.69, 9.17) is 4.98 Å². The van der Waals surface area contributed by atoms with Crippen LogP contribution in [0.25, 0.3) is 11.1 Å². The van der Waals surface area contributed by atoms with Gasteiger partial charge in [0.15, 0.2) is 0 Å². The zero-order chi connectivity index (χ0) is 21.6. The van der Waals surface area contributed by atoms with Gasteiger partial charge in [-0.15, -0.1) is 0 Å². The van der Waals surface area contributed by atoms with Gasteiger partial charge < -0.3 is 14.7 Å². The van der Waals surface area contributed by atoms with Gasteiger partial charge in [0.25, 0.3) is 5.91 Å². The highest BCUT2D eigenvalue weighted by Crippen LogP contribution is 2.23. The molecule has 0 N–H and O–H groups in total. The average molecular weight is 422 g/mol. The van der Waals surface area contributed by atoms with Gasteiger partial charge in [0, 0.05) is 69.7 Å². The first-order valence-corrected chi connectivity index (χ1v) is 11.7. The Bertz CT molecular complexity index is 852. The molecule has 2 aliphatic rings. The fourth-order valence-corrected chi connectivity index (χ4v) is 4.35. The Morgan fingerprint density at radius 2 is 1.71 bits per heavy atom. The lowest BCUT2D eigenvalue weighted by molar-refractivity contribution is 0.0636. The fraction of sp³-hybridized carbons (Fsp3) is 0.520. The van der Waals surface area contributed by atoms with E-state index < -0.39 is 0 Å². The highest BCUT2D eigenvalue weighted by atomic mass is 16.2. The second-order valence-corrected chi connectivity index (χ2v) is 8.76. The summed E-state index contributed by atoms with van der Waals surface area (Å²) in [7, 11) is 2.16. The molecule has 6 nitrogen and oxygen atoms in total. The number of nitrogens with zero attached hydrogens (tertiary/aromatic N) is 5. The Hall–Kier alpha value is -2.44. The molecule has 0 bridgehead atoms. The number of piperazine rings is 2. The van der Waals surface area contributed by atoms with Gasteiger partial charge in [-0.3, -0.25) is 9.69 Å². The minimum atomic E-state index is 0.138. The van der Waals surface area contributed by atoms with Gasteiger partial charge in [-0.25, -0.2) is 4.98 Å². The molecular weight excluding hydrogens is 386 g/mol. The summed E-state index contributed by atoms with van der Waals surface area (Å²) in [5, 5.41) is 0. The first-order chi connectivity index (χ1) is 15.1. The minimum Gasteiger partial charge on any atom is -0.354 e. The van der Waals surface area contributed by atoms with Crippen molar-refractivity contribution in [1.29, 1.82) is 0 Å². The zero-order valence-corrected chi connectivity index (χ0v) is 19.0. The molecular formula is C25H35N5O. The third-order valence-electron chi connectivity index (χ3n) is 6.51. The van der Waals surface area contributed by atoms with Crippen molar-refractivity contribution >= 4 is 11.7 Å². The van der Waals surface area contributed by atoms with Gasteiger partial charge in [0.1, 0.15) is 5.82 Å². The Balaban J connectivity index is 1.39. The summed E-state index contributed by atoms with van der Waals surface area (Å²) in [4.78, 5) is 26.9. The van der Waals surface area contributed by atoms with Crippen molar-refractivity contribution in [3.05, 3.63) is 48.2 Å². The number of unbranched alkanes of at least 4 members (excludes halogenated alkanes) is 1. The standard InChI is InChI=1S/C25H35N5O/c1-3-4-10-28-13-17-30(18-14-28)25(31)22-7-5-6-21(19-22)23-8-9-24(26-20-23)29-15-11-27(2)12-16-29/h5-9,19-20H,3-4,10-18H2,1-2H3. The van der Waals surface area contributed by atoms with Gasteiger partial charge in [-0.05, 0) is 49.8 Å². The SMILES string of the molecule is CCCCN1CCN(C(=O)c2cccc(-c3ccc(N4CCN(C)CC4)nc3)c2)CC1. The number of hydrogen-bond donors (Lipinski definition) is 0. The molecule has 0 spiro atoms. The number of benzene rings is 1. The molecule has 6 heteroatoms. The number of amides is 1. The van der Waals surface area contributed by atoms with Crippen LogP contribution < -0.4 is 4.90 Å². The number of rotatable bonds is 6. The van der Waals surface area contributed by atoms with Crippen LogP contribution in [0.4, 0.5) is 5.82 Å². The summed E-state index contributed by atoms with van der Waals surface area (Å²) in [6.45, 7) is 11.1. The van der Waals surface area contributed by atoms with Crippen molar-refractivity contribution in [1.82, 2.24) is 19.7 Å². The number of anilines is 1. The summed E-state index contributed by atoms with van der Waals surface area (Å²) in [5.41, 5.74) is 2.87. The second-order valence-electron chi connectivity index (χ2n) is 8.76. The van der Waals surface area contributed by atoms with Crippen LogP contribution in [-0.4, -0.2) is 91.5 Å². The number of pyridine rings is 1. The van der Waals surface area contributed by atoms with Crippen molar-refractivity contribution in [2.45, 2.75) is 19.8 Å². The summed E-state index contributed by atoms with van der Waals surface area (Å²) in [5.74, 6) is 1.17. The third-order valence-corrected chi connectivity index (χ3v) is 6.51. The van der Waals surface area contributed by atoms with E-state index >= 15 is 0 Å². The molecule has 1 aromatic carbocycles. The predicted molar refractivity (Wildman–Crippen MR) is 127 cm³/mol. The van der Waals surface area contributed by atoms with Crippen LogP contribution in [-0.2, 0) is 0 Å². The Labute approximate surface area is 186 Å². The average Bonchev–Trinajstić information content (AvgIpc) is 2.83. The summed E-state index contributed by atoms with van der Waals surface area (Å²) in [6.07, 6.45) is 4.39. The monoisotopic (exact) mass is 421 g/mol. The van der Waals surface area contributed by atoms with Gasteiger partial charge >= 0.3 is 0 Å². The maximum Gasteiger partial charge on any atom is 0.253 e. The van der Waals surface area contributed by atoms with E-state index in [1.54, 1.807) is 0 Å². The van der Waals surface area contributed by atoms with Crippen molar-refractivity contribution < 1.29 is 4.79 Å². The quantitative estimate of drug-likeness (QED) is 0.717. The lowest BCUT2D eigenvalue weighted by atomic mass is 10.0. The highest BCUT2D eigenvalue weighted by molar-refractivity contribution is 5.95. The first kappa shape index (κ1) is 21.8. The third kappa shape index (κ3) is 5.43. The van der Waals surface area contributed by atoms with Crippen LogP contribution >= 0.6 is 0 Å². The molecule has 0 radical (unpaired) electrons. The van der Waals surface area contributed by atoms with Crippen molar-refractivity contribution in [3.8, 4) is 11.1 Å². The van der Waals surface area contributed by atoms with Crippen LogP contribution in [0.1, 0.15) is 30.1 Å². The number of aromatic nitrogens is 1. The zero-order valence-electron chi connectivity index (χ0n) is 19.0. The number of hydrogen-bond acceptors (Lipinski definition) is 5. The predicted octanol–water partition coefficient (Wildman–Crippen LogP) is 3.06. The summed E-state index contributed by atoms with van der Waals surface area (Å²) >= 11 is 0. The van der Waals surface area contributed by atoms with Gasteiger partial charge in [-0.1, -0.05) is 25.5 Å². The molecule has 2 aromatic rings. The molecule has 4 rings (SSSR count). The summed E-state index contributed by atoms with van der Waals surface area (Å²) < 4.78 is 0. The number of carbonyl (C=O) groups is 1. The van der Waals surface area contributed by atoms with Gasteiger partial charge in [-0.2, -0.15) is 0 Å².